The predicted molar refractivity (Wildman–Crippen MR) is 67.1 cm³/mol. The van der Waals surface area contributed by atoms with Crippen LogP contribution in [0.3, 0.4) is 0 Å². The Hall–Kier alpha value is -0.580. The average Bonchev–Trinajstić information content (AvgIpc) is 2.27. The van der Waals surface area contributed by atoms with Crippen molar-refractivity contribution < 1.29 is 8.42 Å². The monoisotopic (exact) mass is 261 g/mol. The Morgan fingerprint density at radius 2 is 1.88 bits per heavy atom. The Morgan fingerprint density at radius 3 is 2.38 bits per heavy atom. The number of rotatable bonds is 5. The molecule has 0 amide bonds. The summed E-state index contributed by atoms with van der Waals surface area (Å²) in [6.07, 6.45) is 0.392. The maximum atomic E-state index is 11.5. The summed E-state index contributed by atoms with van der Waals surface area (Å²) in [5.74, 6) is 0.0216. The van der Waals surface area contributed by atoms with Crippen LogP contribution in [0.15, 0.2) is 30.3 Å². The predicted octanol–water partition coefficient (Wildman–Crippen LogP) is 2.08. The van der Waals surface area contributed by atoms with Crippen LogP contribution in [0.2, 0.25) is 0 Å². The minimum atomic E-state index is -3.22. The van der Waals surface area contributed by atoms with Gasteiger partial charge < -0.3 is 5.73 Å². The van der Waals surface area contributed by atoms with E-state index in [1.165, 1.54) is 6.92 Å². The molecule has 90 valence electrons. The van der Waals surface area contributed by atoms with Crippen molar-refractivity contribution in [1.82, 2.24) is 0 Å². The Balaban J connectivity index is 2.58. The smallest absolute Gasteiger partial charge is 0.166 e. The molecule has 0 saturated heterocycles. The summed E-state index contributed by atoms with van der Waals surface area (Å²) in [7, 11) is -3.22. The molecule has 2 atom stereocenters. The molecule has 1 aromatic carbocycles. The SMILES string of the molecule is CC(Cl)S(=O)(=O)CCC(N)c1ccccc1. The molecule has 0 radical (unpaired) electrons. The number of hydrogen-bond acceptors (Lipinski definition) is 3. The second kappa shape index (κ2) is 5.66. The van der Waals surface area contributed by atoms with Gasteiger partial charge in [-0.15, -0.1) is 11.6 Å². The third-order valence-corrected chi connectivity index (χ3v) is 5.04. The van der Waals surface area contributed by atoms with Crippen LogP contribution in [-0.4, -0.2) is 18.9 Å². The normalized spacial score (nSPS) is 15.7. The zero-order chi connectivity index (χ0) is 12.2. The van der Waals surface area contributed by atoms with E-state index < -0.39 is 14.5 Å². The molecule has 0 heterocycles. The molecule has 0 aromatic heterocycles. The van der Waals surface area contributed by atoms with Crippen molar-refractivity contribution in [3.63, 3.8) is 0 Å². The van der Waals surface area contributed by atoms with E-state index in [9.17, 15) is 8.42 Å². The van der Waals surface area contributed by atoms with Gasteiger partial charge in [0.1, 0.15) is 4.71 Å². The van der Waals surface area contributed by atoms with Crippen LogP contribution in [0.25, 0.3) is 0 Å². The highest BCUT2D eigenvalue weighted by molar-refractivity contribution is 7.93. The number of alkyl halides is 1. The lowest BCUT2D eigenvalue weighted by atomic mass is 10.1. The van der Waals surface area contributed by atoms with Crippen molar-refractivity contribution in [1.29, 1.82) is 0 Å². The molecule has 0 fully saturated rings. The van der Waals surface area contributed by atoms with Gasteiger partial charge in [0.2, 0.25) is 0 Å². The molecule has 2 unspecified atom stereocenters. The van der Waals surface area contributed by atoms with Gasteiger partial charge in [0, 0.05) is 6.04 Å². The lowest BCUT2D eigenvalue weighted by Crippen LogP contribution is -2.20. The molecule has 0 bridgehead atoms. The zero-order valence-corrected chi connectivity index (χ0v) is 10.7. The van der Waals surface area contributed by atoms with E-state index in [1.54, 1.807) is 0 Å². The van der Waals surface area contributed by atoms with Crippen LogP contribution in [-0.2, 0) is 9.84 Å². The summed E-state index contributed by atoms with van der Waals surface area (Å²) in [6.45, 7) is 1.46. The first-order valence-electron chi connectivity index (χ1n) is 5.09. The number of sulfone groups is 1. The van der Waals surface area contributed by atoms with Crippen molar-refractivity contribution in [2.24, 2.45) is 5.73 Å². The molecule has 0 aliphatic carbocycles. The van der Waals surface area contributed by atoms with E-state index in [0.717, 1.165) is 5.56 Å². The lowest BCUT2D eigenvalue weighted by molar-refractivity contribution is 0.584. The van der Waals surface area contributed by atoms with Crippen LogP contribution >= 0.6 is 11.6 Å². The summed E-state index contributed by atoms with van der Waals surface area (Å²) in [5.41, 5.74) is 6.84. The van der Waals surface area contributed by atoms with Gasteiger partial charge in [-0.2, -0.15) is 0 Å². The van der Waals surface area contributed by atoms with E-state index in [1.807, 2.05) is 30.3 Å². The second-order valence-corrected chi connectivity index (χ2v) is 7.07. The molecular weight excluding hydrogens is 246 g/mol. The molecule has 1 aromatic rings. The highest BCUT2D eigenvalue weighted by atomic mass is 35.5. The first kappa shape index (κ1) is 13.5. The summed E-state index contributed by atoms with van der Waals surface area (Å²) in [4.78, 5) is 0. The maximum Gasteiger partial charge on any atom is 0.166 e. The first-order chi connectivity index (χ1) is 7.43. The first-order valence-corrected chi connectivity index (χ1v) is 7.25. The minimum Gasteiger partial charge on any atom is -0.324 e. The van der Waals surface area contributed by atoms with Crippen molar-refractivity contribution in [2.45, 2.75) is 24.1 Å². The van der Waals surface area contributed by atoms with Crippen LogP contribution in [0.4, 0.5) is 0 Å². The molecular formula is C11H16ClNO2S. The van der Waals surface area contributed by atoms with Crippen molar-refractivity contribution in [3.05, 3.63) is 35.9 Å². The van der Waals surface area contributed by atoms with Gasteiger partial charge >= 0.3 is 0 Å². The molecule has 0 saturated carbocycles. The largest absolute Gasteiger partial charge is 0.324 e. The van der Waals surface area contributed by atoms with Crippen molar-refractivity contribution >= 4 is 21.4 Å². The Labute approximate surface area is 102 Å². The number of hydrogen-bond donors (Lipinski definition) is 1. The van der Waals surface area contributed by atoms with E-state index in [-0.39, 0.29) is 11.8 Å². The lowest BCUT2D eigenvalue weighted by Gasteiger charge is -2.12. The molecule has 3 nitrogen and oxygen atoms in total. The Kier molecular flexibility index (Phi) is 4.77. The topological polar surface area (TPSA) is 60.2 Å². The molecule has 0 aliphatic heterocycles. The highest BCUT2D eigenvalue weighted by Crippen LogP contribution is 2.16. The molecule has 1 rings (SSSR count). The van der Waals surface area contributed by atoms with Gasteiger partial charge in [-0.25, -0.2) is 8.42 Å². The highest BCUT2D eigenvalue weighted by Gasteiger charge is 2.19. The van der Waals surface area contributed by atoms with E-state index >= 15 is 0 Å². The number of nitrogens with two attached hydrogens (primary N) is 1. The average molecular weight is 262 g/mol. The second-order valence-electron chi connectivity index (χ2n) is 3.72. The van der Waals surface area contributed by atoms with Crippen LogP contribution in [0, 0.1) is 0 Å². The van der Waals surface area contributed by atoms with E-state index in [0.29, 0.717) is 6.42 Å². The van der Waals surface area contributed by atoms with Crippen LogP contribution < -0.4 is 5.73 Å². The fraction of sp³-hybridized carbons (Fsp3) is 0.455. The molecule has 5 heteroatoms. The number of benzene rings is 1. The van der Waals surface area contributed by atoms with E-state index in [2.05, 4.69) is 0 Å². The van der Waals surface area contributed by atoms with Crippen LogP contribution in [0.5, 0.6) is 0 Å². The van der Waals surface area contributed by atoms with Crippen molar-refractivity contribution in [2.75, 3.05) is 5.75 Å². The van der Waals surface area contributed by atoms with Gasteiger partial charge in [0.25, 0.3) is 0 Å². The number of halogens is 1. The standard InChI is InChI=1S/C11H16ClNO2S/c1-9(12)16(14,15)8-7-11(13)10-5-3-2-4-6-10/h2-6,9,11H,7-8,13H2,1H3. The summed E-state index contributed by atoms with van der Waals surface area (Å²) < 4.78 is 22.1. The molecule has 0 spiro atoms. The zero-order valence-electron chi connectivity index (χ0n) is 9.14. The molecule has 16 heavy (non-hydrogen) atoms. The minimum absolute atomic E-state index is 0.0216. The fourth-order valence-electron chi connectivity index (χ4n) is 1.32. The van der Waals surface area contributed by atoms with Crippen LogP contribution in [0.1, 0.15) is 24.9 Å². The maximum absolute atomic E-state index is 11.5. The Morgan fingerprint density at radius 1 is 1.31 bits per heavy atom. The van der Waals surface area contributed by atoms with Crippen molar-refractivity contribution in [3.8, 4) is 0 Å². The van der Waals surface area contributed by atoms with Gasteiger partial charge in [-0.3, -0.25) is 0 Å². The molecule has 0 aliphatic rings. The summed E-state index contributed by atoms with van der Waals surface area (Å²) in [5, 5.41) is 0. The van der Waals surface area contributed by atoms with E-state index in [4.69, 9.17) is 17.3 Å². The summed E-state index contributed by atoms with van der Waals surface area (Å²) in [6, 6.07) is 9.18. The fourth-order valence-corrected chi connectivity index (χ4v) is 2.50. The van der Waals surface area contributed by atoms with Gasteiger partial charge in [-0.1, -0.05) is 30.3 Å². The molecule has 2 N–H and O–H groups in total. The summed E-state index contributed by atoms with van der Waals surface area (Å²) >= 11 is 5.57. The quantitative estimate of drug-likeness (QED) is 0.826. The van der Waals surface area contributed by atoms with Gasteiger partial charge in [-0.05, 0) is 18.9 Å². The third kappa shape index (κ3) is 3.77. The third-order valence-electron chi connectivity index (χ3n) is 2.44. The Bertz CT molecular complexity index is 417. The van der Waals surface area contributed by atoms with Gasteiger partial charge in [0.15, 0.2) is 9.84 Å². The van der Waals surface area contributed by atoms with Gasteiger partial charge in [0.05, 0.1) is 5.75 Å².